The molecule has 4 aromatic rings. The van der Waals surface area contributed by atoms with E-state index in [1.54, 1.807) is 12.1 Å². The summed E-state index contributed by atoms with van der Waals surface area (Å²) in [5.74, 6) is 0.0385. The number of phenols is 1. The van der Waals surface area contributed by atoms with Gasteiger partial charge in [-0.3, -0.25) is 15.6 Å². The summed E-state index contributed by atoms with van der Waals surface area (Å²) in [5, 5.41) is 25.0. The number of benzene rings is 2. The van der Waals surface area contributed by atoms with Crippen molar-refractivity contribution < 1.29 is 14.5 Å². The van der Waals surface area contributed by atoms with E-state index in [2.05, 4.69) is 42.7 Å². The molecule has 0 aliphatic heterocycles. The van der Waals surface area contributed by atoms with Gasteiger partial charge < -0.3 is 10.8 Å². The van der Waals surface area contributed by atoms with E-state index in [9.17, 15) is 9.90 Å². The molecule has 2 heterocycles. The number of aryl methyl sites for hydroxylation is 1. The average molecular weight is 465 g/mol. The molecule has 0 bridgehead atoms. The average Bonchev–Trinajstić information content (AvgIpc) is 3.42. The summed E-state index contributed by atoms with van der Waals surface area (Å²) in [5.41, 5.74) is 13.7. The SMILES string of the molecule is C=C(NNC(=O)c1nnn(-c2nonc2N)c1CSc1ccc(C)cc1)c1cccc(O)c1. The zero-order valence-electron chi connectivity index (χ0n) is 17.5. The predicted molar refractivity (Wildman–Crippen MR) is 122 cm³/mol. The maximum Gasteiger partial charge on any atom is 0.292 e. The van der Waals surface area contributed by atoms with Gasteiger partial charge in [-0.15, -0.1) is 16.9 Å². The Kier molecular flexibility index (Phi) is 6.26. The first-order valence-corrected chi connectivity index (χ1v) is 10.7. The molecule has 33 heavy (non-hydrogen) atoms. The Morgan fingerprint density at radius 3 is 2.70 bits per heavy atom. The lowest BCUT2D eigenvalue weighted by molar-refractivity contribution is 0.0936. The Morgan fingerprint density at radius 1 is 1.21 bits per heavy atom. The van der Waals surface area contributed by atoms with Crippen molar-refractivity contribution in [3.8, 4) is 11.6 Å². The van der Waals surface area contributed by atoms with E-state index in [0.717, 1.165) is 10.5 Å². The van der Waals surface area contributed by atoms with Crippen LogP contribution >= 0.6 is 11.8 Å². The van der Waals surface area contributed by atoms with Crippen LogP contribution in [0.4, 0.5) is 5.82 Å². The third-order valence-corrected chi connectivity index (χ3v) is 5.62. The van der Waals surface area contributed by atoms with E-state index in [4.69, 9.17) is 5.73 Å². The largest absolute Gasteiger partial charge is 0.508 e. The Morgan fingerprint density at radius 2 is 2.00 bits per heavy atom. The molecule has 0 radical (unpaired) electrons. The van der Waals surface area contributed by atoms with Crippen LogP contribution in [0.15, 0.2) is 64.6 Å². The molecule has 0 unspecified atom stereocenters. The van der Waals surface area contributed by atoms with Crippen LogP contribution < -0.4 is 16.6 Å². The number of anilines is 1. The molecule has 0 spiro atoms. The van der Waals surface area contributed by atoms with Crippen molar-refractivity contribution in [1.82, 2.24) is 36.2 Å². The van der Waals surface area contributed by atoms with Gasteiger partial charge in [-0.05, 0) is 41.5 Å². The monoisotopic (exact) mass is 464 g/mol. The number of thioether (sulfide) groups is 1. The van der Waals surface area contributed by atoms with Gasteiger partial charge in [0, 0.05) is 16.2 Å². The van der Waals surface area contributed by atoms with Gasteiger partial charge in [0.2, 0.25) is 11.6 Å². The first-order chi connectivity index (χ1) is 15.9. The number of amides is 1. The van der Waals surface area contributed by atoms with Gasteiger partial charge in [0.1, 0.15) is 5.75 Å². The van der Waals surface area contributed by atoms with Crippen LogP contribution in [0.5, 0.6) is 5.75 Å². The summed E-state index contributed by atoms with van der Waals surface area (Å²) in [6, 6.07) is 14.4. The number of nitrogens with two attached hydrogens (primary N) is 1. The Hall–Kier alpha value is -4.32. The molecule has 4 rings (SSSR count). The Balaban J connectivity index is 1.55. The van der Waals surface area contributed by atoms with Crippen LogP contribution in [0.3, 0.4) is 0 Å². The van der Waals surface area contributed by atoms with Gasteiger partial charge in [-0.1, -0.05) is 41.6 Å². The van der Waals surface area contributed by atoms with Crippen LogP contribution in [0.2, 0.25) is 0 Å². The zero-order valence-corrected chi connectivity index (χ0v) is 18.3. The number of hydrogen-bond donors (Lipinski definition) is 4. The predicted octanol–water partition coefficient (Wildman–Crippen LogP) is 2.44. The summed E-state index contributed by atoms with van der Waals surface area (Å²) < 4.78 is 6.00. The molecule has 0 saturated carbocycles. The molecule has 0 aliphatic rings. The molecule has 2 aromatic carbocycles. The summed E-state index contributed by atoms with van der Waals surface area (Å²) >= 11 is 1.49. The molecule has 5 N–H and O–H groups in total. The number of phenolic OH excluding ortho intramolecular Hbond substituents is 1. The van der Waals surface area contributed by atoms with Gasteiger partial charge in [-0.2, -0.15) is 4.68 Å². The number of nitrogens with zero attached hydrogens (tertiary/aromatic N) is 5. The number of aromatic nitrogens is 5. The smallest absolute Gasteiger partial charge is 0.292 e. The van der Waals surface area contributed by atoms with Gasteiger partial charge in [0.05, 0.1) is 11.4 Å². The number of nitrogen functional groups attached to an aromatic ring is 1. The number of hydrogen-bond acceptors (Lipinski definition) is 10. The lowest BCUT2D eigenvalue weighted by Crippen LogP contribution is -2.36. The van der Waals surface area contributed by atoms with Crippen molar-refractivity contribution in [1.29, 1.82) is 0 Å². The first-order valence-electron chi connectivity index (χ1n) is 9.69. The van der Waals surface area contributed by atoms with E-state index >= 15 is 0 Å². The molecule has 168 valence electrons. The van der Waals surface area contributed by atoms with Gasteiger partial charge in [0.25, 0.3) is 5.91 Å². The van der Waals surface area contributed by atoms with Crippen LogP contribution in [0.25, 0.3) is 11.5 Å². The Labute approximate surface area is 192 Å². The highest BCUT2D eigenvalue weighted by atomic mass is 32.2. The molecular weight excluding hydrogens is 444 g/mol. The summed E-state index contributed by atoms with van der Waals surface area (Å²) in [7, 11) is 0. The van der Waals surface area contributed by atoms with E-state index in [-0.39, 0.29) is 23.1 Å². The molecule has 2 aromatic heterocycles. The number of aromatic hydroxyl groups is 1. The van der Waals surface area contributed by atoms with E-state index < -0.39 is 5.91 Å². The topological polar surface area (TPSA) is 157 Å². The minimum Gasteiger partial charge on any atom is -0.508 e. The fraction of sp³-hybridized carbons (Fsp3) is 0.0952. The summed E-state index contributed by atoms with van der Waals surface area (Å²) in [6.07, 6.45) is 0. The van der Waals surface area contributed by atoms with Crippen molar-refractivity contribution >= 4 is 29.2 Å². The number of nitrogens with one attached hydrogen (secondary N) is 2. The second-order valence-electron chi connectivity index (χ2n) is 6.98. The highest BCUT2D eigenvalue weighted by molar-refractivity contribution is 7.98. The second kappa shape index (κ2) is 9.44. The third kappa shape index (κ3) is 4.96. The molecular formula is C21H20N8O3S. The zero-order chi connectivity index (χ0) is 23.4. The quantitative estimate of drug-likeness (QED) is 0.225. The molecule has 0 fully saturated rings. The number of carbonyl (C=O) groups is 1. The fourth-order valence-corrected chi connectivity index (χ4v) is 3.75. The normalized spacial score (nSPS) is 10.7. The fourth-order valence-electron chi connectivity index (χ4n) is 2.86. The molecule has 0 atom stereocenters. The van der Waals surface area contributed by atoms with Crippen molar-refractivity contribution in [2.45, 2.75) is 17.6 Å². The number of carbonyl (C=O) groups excluding carboxylic acids is 1. The molecule has 12 heteroatoms. The lowest BCUT2D eigenvalue weighted by Gasteiger charge is -2.11. The van der Waals surface area contributed by atoms with Gasteiger partial charge in [0.15, 0.2) is 5.69 Å². The highest BCUT2D eigenvalue weighted by Crippen LogP contribution is 2.26. The maximum atomic E-state index is 12.9. The van der Waals surface area contributed by atoms with Crippen LogP contribution in [-0.4, -0.2) is 36.3 Å². The highest BCUT2D eigenvalue weighted by Gasteiger charge is 2.24. The van der Waals surface area contributed by atoms with E-state index in [1.165, 1.54) is 28.6 Å². The number of rotatable bonds is 8. The van der Waals surface area contributed by atoms with Crippen molar-refractivity contribution in [3.63, 3.8) is 0 Å². The van der Waals surface area contributed by atoms with E-state index in [0.29, 0.717) is 22.7 Å². The Bertz CT molecular complexity index is 1300. The van der Waals surface area contributed by atoms with Crippen LogP contribution in [0.1, 0.15) is 27.3 Å². The minimum atomic E-state index is -0.544. The standard InChI is InChI=1S/C21H20N8O3S/c1-12-6-8-16(9-7-12)33-11-17-18(24-28-29(17)20-19(22)26-32-27-20)21(31)25-23-13(2)14-4-3-5-15(30)10-14/h3-10,23,30H,2,11H2,1H3,(H2,22,26)(H,25,31). The minimum absolute atomic E-state index is 0.0174. The lowest BCUT2D eigenvalue weighted by atomic mass is 10.2. The summed E-state index contributed by atoms with van der Waals surface area (Å²) in [4.78, 5) is 13.9. The van der Waals surface area contributed by atoms with Gasteiger partial charge in [-0.25, -0.2) is 4.63 Å². The van der Waals surface area contributed by atoms with Gasteiger partial charge >= 0.3 is 0 Å². The number of hydrazine groups is 1. The van der Waals surface area contributed by atoms with E-state index in [1.807, 2.05) is 31.2 Å². The third-order valence-electron chi connectivity index (χ3n) is 4.59. The van der Waals surface area contributed by atoms with Crippen LogP contribution in [-0.2, 0) is 5.75 Å². The van der Waals surface area contributed by atoms with Crippen LogP contribution in [0, 0.1) is 6.92 Å². The molecule has 0 aliphatic carbocycles. The second-order valence-corrected chi connectivity index (χ2v) is 8.03. The molecule has 11 nitrogen and oxygen atoms in total. The van der Waals surface area contributed by atoms with Crippen molar-refractivity contribution in [2.75, 3.05) is 5.73 Å². The first kappa shape index (κ1) is 21.9. The summed E-state index contributed by atoms with van der Waals surface area (Å²) in [6.45, 7) is 5.87. The molecule has 1 amide bonds. The maximum absolute atomic E-state index is 12.9. The van der Waals surface area contributed by atoms with Crippen molar-refractivity contribution in [2.24, 2.45) is 0 Å². The van der Waals surface area contributed by atoms with Crippen molar-refractivity contribution in [3.05, 3.63) is 77.6 Å². The molecule has 0 saturated heterocycles.